The Morgan fingerprint density at radius 1 is 1.57 bits per heavy atom. The Hall–Kier alpha value is -1.54. The maximum Gasteiger partial charge on any atom is 0.341 e. The van der Waals surface area contributed by atoms with Gasteiger partial charge in [0.15, 0.2) is 0 Å². The zero-order chi connectivity index (χ0) is 15.0. The van der Waals surface area contributed by atoms with Crippen LogP contribution in [0.5, 0.6) is 0 Å². The highest BCUT2D eigenvalue weighted by atomic mass is 32.1. The molecule has 1 heterocycles. The van der Waals surface area contributed by atoms with Gasteiger partial charge in [-0.05, 0) is 44.1 Å². The van der Waals surface area contributed by atoms with Crippen molar-refractivity contribution in [1.29, 1.82) is 5.26 Å². The van der Waals surface area contributed by atoms with Gasteiger partial charge in [-0.2, -0.15) is 5.26 Å². The Balaban J connectivity index is 1.93. The van der Waals surface area contributed by atoms with Gasteiger partial charge in [0.2, 0.25) is 0 Å². The number of anilines is 1. The van der Waals surface area contributed by atoms with Crippen molar-refractivity contribution in [2.75, 3.05) is 12.3 Å². The lowest BCUT2D eigenvalue weighted by molar-refractivity contribution is 0.0525. The molecule has 112 valence electrons. The Morgan fingerprint density at radius 2 is 2.33 bits per heavy atom. The summed E-state index contributed by atoms with van der Waals surface area (Å²) >= 11 is 1.47. The second-order valence-electron chi connectivity index (χ2n) is 6.04. The first kappa shape index (κ1) is 14.4. The van der Waals surface area contributed by atoms with E-state index in [1.807, 2.05) is 0 Å². The van der Waals surface area contributed by atoms with Gasteiger partial charge < -0.3 is 10.5 Å². The van der Waals surface area contributed by atoms with E-state index in [-0.39, 0.29) is 11.4 Å². The molecule has 3 rings (SSSR count). The Morgan fingerprint density at radius 3 is 2.90 bits per heavy atom. The molecule has 1 aromatic heterocycles. The van der Waals surface area contributed by atoms with E-state index in [1.165, 1.54) is 17.8 Å². The van der Waals surface area contributed by atoms with E-state index in [9.17, 15) is 10.1 Å². The molecule has 1 atom stereocenters. The number of nitrogens with two attached hydrogens (primary N) is 1. The lowest BCUT2D eigenvalue weighted by atomic mass is 9.60. The highest BCUT2D eigenvalue weighted by Gasteiger charge is 2.46. The highest BCUT2D eigenvalue weighted by molar-refractivity contribution is 7.16. The Labute approximate surface area is 128 Å². The average Bonchev–Trinajstić information content (AvgIpc) is 2.71. The normalized spacial score (nSPS) is 24.8. The average molecular weight is 304 g/mol. The van der Waals surface area contributed by atoms with Crippen molar-refractivity contribution in [3.05, 3.63) is 16.0 Å². The summed E-state index contributed by atoms with van der Waals surface area (Å²) in [6.45, 7) is 2.15. The Kier molecular flexibility index (Phi) is 3.66. The fourth-order valence-corrected chi connectivity index (χ4v) is 4.82. The van der Waals surface area contributed by atoms with Crippen molar-refractivity contribution in [3.8, 4) is 6.07 Å². The van der Waals surface area contributed by atoms with Crippen molar-refractivity contribution in [1.82, 2.24) is 0 Å². The van der Waals surface area contributed by atoms with Crippen LogP contribution in [0.1, 0.15) is 53.4 Å². The van der Waals surface area contributed by atoms with Crippen molar-refractivity contribution in [3.63, 3.8) is 0 Å². The topological polar surface area (TPSA) is 76.1 Å². The number of hydrogen-bond acceptors (Lipinski definition) is 5. The highest BCUT2D eigenvalue weighted by Crippen LogP contribution is 2.51. The summed E-state index contributed by atoms with van der Waals surface area (Å²) in [7, 11) is 0. The number of hydrogen-bond donors (Lipinski definition) is 1. The second kappa shape index (κ2) is 5.34. The summed E-state index contributed by atoms with van der Waals surface area (Å²) in [5, 5.41) is 10.2. The minimum Gasteiger partial charge on any atom is -0.462 e. The number of nitrogens with zero attached hydrogens (tertiary/aromatic N) is 1. The zero-order valence-corrected chi connectivity index (χ0v) is 13.1. The number of fused-ring (bicyclic) bond motifs is 1. The van der Waals surface area contributed by atoms with Crippen molar-refractivity contribution in [2.24, 2.45) is 11.3 Å². The van der Waals surface area contributed by atoms with Gasteiger partial charge in [0.1, 0.15) is 5.00 Å². The van der Waals surface area contributed by atoms with Crippen LogP contribution in [0.2, 0.25) is 0 Å². The zero-order valence-electron chi connectivity index (χ0n) is 12.3. The summed E-state index contributed by atoms with van der Waals surface area (Å²) < 4.78 is 5.11. The van der Waals surface area contributed by atoms with E-state index in [4.69, 9.17) is 10.5 Å². The third-order valence-electron chi connectivity index (χ3n) is 5.00. The first-order valence-electron chi connectivity index (χ1n) is 7.59. The third kappa shape index (κ3) is 2.22. The van der Waals surface area contributed by atoms with Gasteiger partial charge in [-0.15, -0.1) is 11.3 Å². The van der Waals surface area contributed by atoms with Crippen molar-refractivity contribution >= 4 is 22.3 Å². The molecule has 21 heavy (non-hydrogen) atoms. The van der Waals surface area contributed by atoms with Crippen molar-refractivity contribution in [2.45, 2.75) is 45.4 Å². The summed E-state index contributed by atoms with van der Waals surface area (Å²) in [5.74, 6) is 0.200. The van der Waals surface area contributed by atoms with Crippen LogP contribution in [0.25, 0.3) is 0 Å². The van der Waals surface area contributed by atoms with Crippen LogP contribution < -0.4 is 5.73 Å². The fraction of sp³-hybridized carbons (Fsp3) is 0.625. The number of esters is 1. The molecular weight excluding hydrogens is 284 g/mol. The summed E-state index contributed by atoms with van der Waals surface area (Å²) in [5.41, 5.74) is 7.38. The van der Waals surface area contributed by atoms with Crippen LogP contribution >= 0.6 is 11.3 Å². The smallest absolute Gasteiger partial charge is 0.341 e. The van der Waals surface area contributed by atoms with Gasteiger partial charge in [-0.1, -0.05) is 6.42 Å². The van der Waals surface area contributed by atoms with Crippen LogP contribution in [0.3, 0.4) is 0 Å². The van der Waals surface area contributed by atoms with E-state index in [1.54, 1.807) is 6.92 Å². The predicted octanol–water partition coefficient (Wildman–Crippen LogP) is 3.31. The molecule has 0 radical (unpaired) electrons. The number of ether oxygens (including phenoxy) is 1. The molecule has 0 aliphatic heterocycles. The van der Waals surface area contributed by atoms with Gasteiger partial charge in [-0.3, -0.25) is 0 Å². The number of thiophene rings is 1. The molecule has 0 bridgehead atoms. The standard InChI is InChI=1S/C16H20N2O2S/c1-2-20-15(19)13-11-6-7-16(9-17,10-4-3-5-10)8-12(11)21-14(13)18/h10H,2-8,18H2,1H3. The van der Waals surface area contributed by atoms with Crippen LogP contribution in [0.4, 0.5) is 5.00 Å². The van der Waals surface area contributed by atoms with E-state index >= 15 is 0 Å². The molecule has 0 amide bonds. The second-order valence-corrected chi connectivity index (χ2v) is 7.17. The number of rotatable bonds is 3. The molecule has 1 aromatic rings. The molecule has 5 heteroatoms. The van der Waals surface area contributed by atoms with Crippen LogP contribution in [-0.2, 0) is 17.6 Å². The summed E-state index contributed by atoms with van der Waals surface area (Å²) in [6.07, 6.45) is 5.91. The van der Waals surface area contributed by atoms with E-state index in [0.29, 0.717) is 23.1 Å². The van der Waals surface area contributed by atoms with Crippen LogP contribution in [-0.4, -0.2) is 12.6 Å². The minimum atomic E-state index is -0.319. The van der Waals surface area contributed by atoms with Gasteiger partial charge >= 0.3 is 5.97 Å². The molecule has 2 aliphatic carbocycles. The molecule has 1 saturated carbocycles. The third-order valence-corrected chi connectivity index (χ3v) is 6.07. The molecule has 2 N–H and O–H groups in total. The largest absolute Gasteiger partial charge is 0.462 e. The first-order chi connectivity index (χ1) is 10.1. The quantitative estimate of drug-likeness (QED) is 0.869. The Bertz CT molecular complexity index is 613. The molecule has 2 aliphatic rings. The lowest BCUT2D eigenvalue weighted by Gasteiger charge is -2.42. The molecule has 0 saturated heterocycles. The molecule has 1 unspecified atom stereocenters. The lowest BCUT2D eigenvalue weighted by Crippen LogP contribution is -2.38. The maximum absolute atomic E-state index is 12.1. The molecule has 0 spiro atoms. The number of carbonyl (C=O) groups is 1. The fourth-order valence-electron chi connectivity index (χ4n) is 3.59. The predicted molar refractivity (Wildman–Crippen MR) is 82.1 cm³/mol. The van der Waals surface area contributed by atoms with Crippen LogP contribution in [0, 0.1) is 22.7 Å². The van der Waals surface area contributed by atoms with Crippen LogP contribution in [0.15, 0.2) is 0 Å². The number of nitriles is 1. The molecule has 4 nitrogen and oxygen atoms in total. The minimum absolute atomic E-state index is 0.242. The van der Waals surface area contributed by atoms with Crippen molar-refractivity contribution < 1.29 is 9.53 Å². The van der Waals surface area contributed by atoms with Gasteiger partial charge in [0.05, 0.1) is 23.7 Å². The first-order valence-corrected chi connectivity index (χ1v) is 8.41. The number of carbonyl (C=O) groups excluding carboxylic acids is 1. The molecular formula is C16H20N2O2S. The van der Waals surface area contributed by atoms with Gasteiger partial charge in [-0.25, -0.2) is 4.79 Å². The maximum atomic E-state index is 12.1. The monoisotopic (exact) mass is 304 g/mol. The summed E-state index contributed by atoms with van der Waals surface area (Å²) in [4.78, 5) is 13.2. The molecule has 1 fully saturated rings. The van der Waals surface area contributed by atoms with Gasteiger partial charge in [0, 0.05) is 11.3 Å². The SMILES string of the molecule is CCOC(=O)c1c(N)sc2c1CCC(C#N)(C1CCC1)C2. The van der Waals surface area contributed by atoms with E-state index < -0.39 is 0 Å². The summed E-state index contributed by atoms with van der Waals surface area (Å²) in [6, 6.07) is 2.59. The van der Waals surface area contributed by atoms with E-state index in [0.717, 1.165) is 42.5 Å². The number of nitrogen functional groups attached to an aromatic ring is 1. The van der Waals surface area contributed by atoms with E-state index in [2.05, 4.69) is 6.07 Å². The molecule has 0 aromatic carbocycles. The van der Waals surface area contributed by atoms with Gasteiger partial charge in [0.25, 0.3) is 0 Å².